The number of nitrogens with one attached hydrogen (secondary N) is 1. The summed E-state index contributed by atoms with van der Waals surface area (Å²) < 4.78 is 5.38. The minimum absolute atomic E-state index is 0.0804. The maximum atomic E-state index is 12.6. The molecule has 8 heteroatoms. The Kier molecular flexibility index (Phi) is 5.95. The predicted octanol–water partition coefficient (Wildman–Crippen LogP) is 0.634. The van der Waals surface area contributed by atoms with E-state index in [1.165, 1.54) is 4.90 Å². The van der Waals surface area contributed by atoms with Gasteiger partial charge in [-0.1, -0.05) is 17.7 Å². The molecule has 2 atom stereocenters. The molecule has 1 aromatic carbocycles. The Hall–Kier alpha value is -2.61. The number of rotatable bonds is 5. The number of fused-ring (bicyclic) bond motifs is 1. The minimum Gasteiger partial charge on any atom is -0.410 e. The van der Waals surface area contributed by atoms with Gasteiger partial charge in [-0.2, -0.15) is 0 Å². The van der Waals surface area contributed by atoms with E-state index in [0.717, 1.165) is 18.4 Å². The molecule has 3 amide bonds. The van der Waals surface area contributed by atoms with Crippen molar-refractivity contribution in [2.24, 2.45) is 5.73 Å². The van der Waals surface area contributed by atoms with Crippen LogP contribution >= 0.6 is 0 Å². The molecule has 3 rings (SSSR count). The van der Waals surface area contributed by atoms with Crippen LogP contribution in [0.25, 0.3) is 0 Å². The summed E-state index contributed by atoms with van der Waals surface area (Å²) in [5.74, 6) is 0.153. The lowest BCUT2D eigenvalue weighted by atomic mass is 10.0. The molecule has 27 heavy (non-hydrogen) atoms. The number of ether oxygens (including phenoxy) is 1. The Bertz CT molecular complexity index is 706. The van der Waals surface area contributed by atoms with Crippen molar-refractivity contribution in [1.29, 1.82) is 0 Å². The van der Waals surface area contributed by atoms with Crippen LogP contribution in [0, 0.1) is 6.92 Å². The maximum Gasteiger partial charge on any atom is 0.415 e. The number of unbranched alkanes of at least 4 members (excludes halogenated alkanes) is 1. The largest absolute Gasteiger partial charge is 0.415 e. The van der Waals surface area contributed by atoms with Crippen molar-refractivity contribution in [2.75, 3.05) is 26.2 Å². The Morgan fingerprint density at radius 1 is 1.22 bits per heavy atom. The molecular formula is C19H26N4O4. The summed E-state index contributed by atoms with van der Waals surface area (Å²) >= 11 is 0. The highest BCUT2D eigenvalue weighted by Crippen LogP contribution is 2.20. The summed E-state index contributed by atoms with van der Waals surface area (Å²) in [7, 11) is 0. The van der Waals surface area contributed by atoms with E-state index in [2.05, 4.69) is 5.32 Å². The van der Waals surface area contributed by atoms with E-state index in [9.17, 15) is 14.4 Å². The second-order valence-corrected chi connectivity index (χ2v) is 7.02. The number of nitrogens with zero attached hydrogens (tertiary/aromatic N) is 2. The second kappa shape index (κ2) is 8.39. The van der Waals surface area contributed by atoms with Crippen LogP contribution in [-0.4, -0.2) is 66.0 Å². The predicted molar refractivity (Wildman–Crippen MR) is 99.1 cm³/mol. The fraction of sp³-hybridized carbons (Fsp3) is 0.526. The summed E-state index contributed by atoms with van der Waals surface area (Å²) in [6, 6.07) is 6.02. The molecule has 0 unspecified atom stereocenters. The Morgan fingerprint density at radius 2 is 1.96 bits per heavy atom. The monoisotopic (exact) mass is 374 g/mol. The van der Waals surface area contributed by atoms with E-state index in [1.807, 2.05) is 19.1 Å². The number of benzene rings is 1. The molecule has 2 heterocycles. The molecule has 8 nitrogen and oxygen atoms in total. The van der Waals surface area contributed by atoms with E-state index in [4.69, 9.17) is 10.5 Å². The van der Waals surface area contributed by atoms with E-state index in [-0.39, 0.29) is 18.4 Å². The minimum atomic E-state index is -0.664. The zero-order valence-electron chi connectivity index (χ0n) is 15.5. The average molecular weight is 374 g/mol. The topological polar surface area (TPSA) is 105 Å². The summed E-state index contributed by atoms with van der Waals surface area (Å²) in [5.41, 5.74) is 6.56. The molecule has 0 saturated carbocycles. The van der Waals surface area contributed by atoms with Crippen molar-refractivity contribution < 1.29 is 19.1 Å². The summed E-state index contributed by atoms with van der Waals surface area (Å²) in [4.78, 5) is 40.6. The van der Waals surface area contributed by atoms with Gasteiger partial charge < -0.3 is 25.6 Å². The van der Waals surface area contributed by atoms with E-state index in [0.29, 0.717) is 31.8 Å². The van der Waals surface area contributed by atoms with Gasteiger partial charge in [0.2, 0.25) is 11.8 Å². The first kappa shape index (κ1) is 19.2. The number of aryl methyl sites for hydroxylation is 1. The number of amides is 3. The van der Waals surface area contributed by atoms with Crippen LogP contribution in [0.1, 0.15) is 24.8 Å². The van der Waals surface area contributed by atoms with Gasteiger partial charge in [0.1, 0.15) is 17.8 Å². The molecule has 3 N–H and O–H groups in total. The van der Waals surface area contributed by atoms with Crippen LogP contribution in [0.15, 0.2) is 24.3 Å². The molecule has 0 bridgehead atoms. The molecule has 2 aliphatic heterocycles. The highest BCUT2D eigenvalue weighted by molar-refractivity contribution is 5.97. The lowest BCUT2D eigenvalue weighted by Crippen LogP contribution is -2.69. The number of carbonyl (C=O) groups excluding carboxylic acids is 3. The summed E-state index contributed by atoms with van der Waals surface area (Å²) in [6.45, 7) is 3.33. The van der Waals surface area contributed by atoms with E-state index < -0.39 is 18.2 Å². The maximum absolute atomic E-state index is 12.6. The van der Waals surface area contributed by atoms with Gasteiger partial charge in [0.05, 0.1) is 6.54 Å². The third-order valence-electron chi connectivity index (χ3n) is 5.01. The number of hydrogen-bond donors (Lipinski definition) is 2. The zero-order valence-corrected chi connectivity index (χ0v) is 15.5. The normalized spacial score (nSPS) is 22.3. The highest BCUT2D eigenvalue weighted by atomic mass is 16.6. The number of carbonyl (C=O) groups is 3. The Labute approximate surface area is 158 Å². The smallest absolute Gasteiger partial charge is 0.410 e. The third kappa shape index (κ3) is 4.39. The molecule has 2 fully saturated rings. The van der Waals surface area contributed by atoms with Gasteiger partial charge in [-0.3, -0.25) is 9.59 Å². The third-order valence-corrected chi connectivity index (χ3v) is 5.01. The first-order valence-electron chi connectivity index (χ1n) is 9.34. The van der Waals surface area contributed by atoms with E-state index >= 15 is 0 Å². The lowest BCUT2D eigenvalue weighted by molar-refractivity contribution is -0.152. The zero-order chi connectivity index (χ0) is 19.4. The summed E-state index contributed by atoms with van der Waals surface area (Å²) in [6.07, 6.45) is 1.69. The van der Waals surface area contributed by atoms with Crippen molar-refractivity contribution in [3.8, 4) is 5.75 Å². The van der Waals surface area contributed by atoms with Gasteiger partial charge in [0.15, 0.2) is 0 Å². The molecule has 1 aromatic rings. The molecular weight excluding hydrogens is 348 g/mol. The Morgan fingerprint density at radius 3 is 2.67 bits per heavy atom. The van der Waals surface area contributed by atoms with Crippen molar-refractivity contribution >= 4 is 17.9 Å². The van der Waals surface area contributed by atoms with Gasteiger partial charge in [-0.25, -0.2) is 4.79 Å². The standard InChI is InChI=1S/C19H26N4O4/c1-13-5-7-14(8-6-13)27-19(26)22-10-11-23-16(12-22)17(24)21-15(18(23)25)4-2-3-9-20/h5-8,15-16H,2-4,9-12,20H2,1H3,(H,21,24)/t15-,16+/m0/s1. The quantitative estimate of drug-likeness (QED) is 0.736. The van der Waals surface area contributed by atoms with Crippen LogP contribution in [0.3, 0.4) is 0 Å². The molecule has 2 aliphatic rings. The van der Waals surface area contributed by atoms with Crippen molar-refractivity contribution in [2.45, 2.75) is 38.3 Å². The molecule has 146 valence electrons. The van der Waals surface area contributed by atoms with Crippen molar-refractivity contribution in [1.82, 2.24) is 15.1 Å². The first-order chi connectivity index (χ1) is 13.0. The number of nitrogens with two attached hydrogens (primary N) is 1. The molecule has 2 saturated heterocycles. The number of hydrogen-bond acceptors (Lipinski definition) is 5. The SMILES string of the molecule is Cc1ccc(OC(=O)N2CCN3C(=O)[C@H](CCCCN)NC(=O)[C@H]3C2)cc1. The van der Waals surface area contributed by atoms with Gasteiger partial charge in [-0.15, -0.1) is 0 Å². The highest BCUT2D eigenvalue weighted by Gasteiger charge is 2.44. The van der Waals surface area contributed by atoms with Crippen LogP contribution < -0.4 is 15.8 Å². The fourth-order valence-electron chi connectivity index (χ4n) is 3.43. The lowest BCUT2D eigenvalue weighted by Gasteiger charge is -2.44. The van der Waals surface area contributed by atoms with Gasteiger partial charge in [0, 0.05) is 13.1 Å². The van der Waals surface area contributed by atoms with Gasteiger partial charge in [-0.05, 0) is 44.9 Å². The van der Waals surface area contributed by atoms with Crippen LogP contribution in [0.5, 0.6) is 5.75 Å². The fourth-order valence-corrected chi connectivity index (χ4v) is 3.43. The van der Waals surface area contributed by atoms with Crippen molar-refractivity contribution in [3.63, 3.8) is 0 Å². The van der Waals surface area contributed by atoms with Gasteiger partial charge in [0.25, 0.3) is 0 Å². The van der Waals surface area contributed by atoms with Crippen LogP contribution in [0.2, 0.25) is 0 Å². The molecule has 0 spiro atoms. The number of piperazine rings is 2. The van der Waals surface area contributed by atoms with Gasteiger partial charge >= 0.3 is 6.09 Å². The molecule has 0 radical (unpaired) electrons. The van der Waals surface area contributed by atoms with Crippen LogP contribution in [-0.2, 0) is 9.59 Å². The van der Waals surface area contributed by atoms with Crippen molar-refractivity contribution in [3.05, 3.63) is 29.8 Å². The van der Waals surface area contributed by atoms with Crippen LogP contribution in [0.4, 0.5) is 4.79 Å². The Balaban J connectivity index is 1.59. The van der Waals surface area contributed by atoms with E-state index in [1.54, 1.807) is 17.0 Å². The molecule has 0 aromatic heterocycles. The second-order valence-electron chi connectivity index (χ2n) is 7.02. The average Bonchev–Trinajstić information content (AvgIpc) is 2.67. The molecule has 0 aliphatic carbocycles. The first-order valence-corrected chi connectivity index (χ1v) is 9.34. The summed E-state index contributed by atoms with van der Waals surface area (Å²) in [5, 5.41) is 2.79.